The van der Waals surface area contributed by atoms with Gasteiger partial charge in [0.25, 0.3) is 0 Å². The van der Waals surface area contributed by atoms with Crippen LogP contribution in [0.2, 0.25) is 0 Å². The number of methoxy groups -OCH3 is 1. The zero-order valence-corrected chi connectivity index (χ0v) is 11.7. The molecule has 0 saturated carbocycles. The van der Waals surface area contributed by atoms with Gasteiger partial charge in [-0.1, -0.05) is 59.9 Å². The van der Waals surface area contributed by atoms with E-state index in [-0.39, 0.29) is 0 Å². The van der Waals surface area contributed by atoms with Crippen molar-refractivity contribution < 1.29 is 9.47 Å². The highest BCUT2D eigenvalue weighted by Crippen LogP contribution is 2.39. The number of halogens is 3. The minimum atomic E-state index is -0.544. The fraction of sp³-hybridized carbons (Fsp3) is 0.714. The van der Waals surface area contributed by atoms with Crippen LogP contribution in [-0.2, 0) is 9.47 Å². The molecule has 0 aromatic heterocycles. The van der Waals surface area contributed by atoms with Gasteiger partial charge in [0.2, 0.25) is 0 Å². The molecule has 0 fully saturated rings. The molecule has 1 unspecified atom stereocenters. The molecule has 0 radical (unpaired) electrons. The smallest absolute Gasteiger partial charge is 0.192 e. The van der Waals surface area contributed by atoms with Gasteiger partial charge in [0, 0.05) is 7.11 Å². The van der Waals surface area contributed by atoms with E-state index in [1.54, 1.807) is 7.11 Å². The average Bonchev–Trinajstić information content (AvgIpc) is 1.85. The van der Waals surface area contributed by atoms with E-state index in [2.05, 4.69) is 54.4 Å². The summed E-state index contributed by atoms with van der Waals surface area (Å²) in [5, 5.41) is 0. The lowest BCUT2D eigenvalue weighted by molar-refractivity contribution is -0.106. The Morgan fingerprint density at radius 2 is 2.00 bits per heavy atom. The van der Waals surface area contributed by atoms with Crippen molar-refractivity contribution in [3.05, 3.63) is 12.2 Å². The molecule has 0 aliphatic heterocycles. The van der Waals surface area contributed by atoms with E-state index in [0.29, 0.717) is 6.61 Å². The maximum Gasteiger partial charge on any atom is 0.192 e. The molecule has 2 nitrogen and oxygen atoms in total. The SMILES string of the molecule is C=C(C)COC(OC)C(Br)(Br)Br. The van der Waals surface area contributed by atoms with Crippen molar-refractivity contribution in [1.29, 1.82) is 0 Å². The third-order valence-corrected chi connectivity index (χ3v) is 2.08. The maximum absolute atomic E-state index is 5.35. The predicted molar refractivity (Wildman–Crippen MR) is 61.1 cm³/mol. The molecule has 72 valence electrons. The normalized spacial score (nSPS) is 14.4. The summed E-state index contributed by atoms with van der Waals surface area (Å²) in [6.45, 7) is 6.09. The van der Waals surface area contributed by atoms with Crippen LogP contribution in [0.3, 0.4) is 0 Å². The molecule has 0 amide bonds. The van der Waals surface area contributed by atoms with Gasteiger partial charge in [0.05, 0.1) is 6.61 Å². The van der Waals surface area contributed by atoms with Gasteiger partial charge in [0.15, 0.2) is 8.43 Å². The first-order valence-electron chi connectivity index (χ1n) is 3.23. The number of alkyl halides is 3. The van der Waals surface area contributed by atoms with Crippen LogP contribution in [0.1, 0.15) is 6.92 Å². The summed E-state index contributed by atoms with van der Waals surface area (Å²) in [4.78, 5) is 0. The fourth-order valence-corrected chi connectivity index (χ4v) is 1.47. The van der Waals surface area contributed by atoms with Crippen LogP contribution in [0, 0.1) is 0 Å². The highest BCUT2D eigenvalue weighted by Gasteiger charge is 2.31. The van der Waals surface area contributed by atoms with Gasteiger partial charge in [-0.2, -0.15) is 0 Å². The first kappa shape index (κ1) is 13.1. The van der Waals surface area contributed by atoms with Crippen molar-refractivity contribution in [2.24, 2.45) is 0 Å². The summed E-state index contributed by atoms with van der Waals surface area (Å²) in [5.41, 5.74) is 0.953. The van der Waals surface area contributed by atoms with Crippen molar-refractivity contribution in [1.82, 2.24) is 0 Å². The lowest BCUT2D eigenvalue weighted by Crippen LogP contribution is -2.29. The molecule has 0 spiro atoms. The molecule has 0 heterocycles. The molecule has 0 aromatic rings. The molecule has 0 saturated heterocycles. The van der Waals surface area contributed by atoms with E-state index in [0.717, 1.165) is 5.57 Å². The number of hydrogen-bond donors (Lipinski definition) is 0. The van der Waals surface area contributed by atoms with E-state index >= 15 is 0 Å². The Labute approximate surface area is 98.1 Å². The van der Waals surface area contributed by atoms with Crippen molar-refractivity contribution in [3.8, 4) is 0 Å². The Kier molecular flexibility index (Phi) is 6.28. The van der Waals surface area contributed by atoms with Gasteiger partial charge in [-0.15, -0.1) is 0 Å². The summed E-state index contributed by atoms with van der Waals surface area (Å²) in [6, 6.07) is 0. The summed E-state index contributed by atoms with van der Waals surface area (Å²) in [7, 11) is 1.57. The maximum atomic E-state index is 5.35. The minimum Gasteiger partial charge on any atom is -0.353 e. The van der Waals surface area contributed by atoms with E-state index in [1.807, 2.05) is 6.92 Å². The first-order valence-corrected chi connectivity index (χ1v) is 5.61. The van der Waals surface area contributed by atoms with Crippen LogP contribution >= 0.6 is 47.8 Å². The third kappa shape index (κ3) is 5.70. The molecule has 0 rings (SSSR count). The highest BCUT2D eigenvalue weighted by atomic mass is 80.0. The van der Waals surface area contributed by atoms with E-state index in [4.69, 9.17) is 9.47 Å². The Hall–Kier alpha value is 1.10. The van der Waals surface area contributed by atoms with Crippen LogP contribution in [0.15, 0.2) is 12.2 Å². The predicted octanol–water partition coefficient (Wildman–Crippen LogP) is 3.39. The van der Waals surface area contributed by atoms with Crippen LogP contribution in [-0.4, -0.2) is 22.1 Å². The molecule has 0 aliphatic rings. The second-order valence-corrected chi connectivity index (χ2v) is 9.32. The molecule has 0 N–H and O–H groups in total. The van der Waals surface area contributed by atoms with E-state index in [1.165, 1.54) is 0 Å². The van der Waals surface area contributed by atoms with Crippen molar-refractivity contribution >= 4 is 47.8 Å². The molecule has 12 heavy (non-hydrogen) atoms. The summed E-state index contributed by atoms with van der Waals surface area (Å²) in [5.74, 6) is 0. The lowest BCUT2D eigenvalue weighted by Gasteiger charge is -2.24. The van der Waals surface area contributed by atoms with Crippen LogP contribution in [0.4, 0.5) is 0 Å². The number of hydrogen-bond acceptors (Lipinski definition) is 2. The van der Waals surface area contributed by atoms with Crippen LogP contribution < -0.4 is 0 Å². The zero-order valence-electron chi connectivity index (χ0n) is 6.94. The molecular formula is C7H11Br3O2. The first-order chi connectivity index (χ1) is 5.38. The molecule has 0 aliphatic carbocycles. The van der Waals surface area contributed by atoms with Gasteiger partial charge in [0.1, 0.15) is 0 Å². The van der Waals surface area contributed by atoms with Gasteiger partial charge < -0.3 is 9.47 Å². The van der Waals surface area contributed by atoms with Gasteiger partial charge in [-0.25, -0.2) is 0 Å². The molecule has 0 bridgehead atoms. The topological polar surface area (TPSA) is 18.5 Å². The molecule has 0 aromatic carbocycles. The highest BCUT2D eigenvalue weighted by molar-refractivity contribution is 9.39. The molecular weight excluding hydrogens is 356 g/mol. The summed E-state index contributed by atoms with van der Waals surface area (Å²) >= 11 is 9.93. The fourth-order valence-electron chi connectivity index (χ4n) is 0.514. The Morgan fingerprint density at radius 1 is 1.50 bits per heavy atom. The Bertz CT molecular complexity index is 153. The second-order valence-electron chi connectivity index (χ2n) is 2.38. The van der Waals surface area contributed by atoms with Crippen molar-refractivity contribution in [2.75, 3.05) is 13.7 Å². The summed E-state index contributed by atoms with van der Waals surface area (Å²) in [6.07, 6.45) is -0.408. The zero-order chi connectivity index (χ0) is 9.78. The second kappa shape index (κ2) is 5.75. The average molecular weight is 367 g/mol. The number of ether oxygens (including phenoxy) is 2. The minimum absolute atomic E-state index is 0.408. The number of rotatable bonds is 4. The Balaban J connectivity index is 3.92. The molecule has 1 atom stereocenters. The van der Waals surface area contributed by atoms with Gasteiger partial charge >= 0.3 is 0 Å². The standard InChI is InChI=1S/C7H11Br3O2/c1-5(2)4-12-6(11-3)7(8,9)10/h6H,1,4H2,2-3H3. The largest absolute Gasteiger partial charge is 0.353 e. The van der Waals surface area contributed by atoms with Crippen LogP contribution in [0.5, 0.6) is 0 Å². The monoisotopic (exact) mass is 364 g/mol. The van der Waals surface area contributed by atoms with Crippen LogP contribution in [0.25, 0.3) is 0 Å². The van der Waals surface area contributed by atoms with E-state index in [9.17, 15) is 0 Å². The lowest BCUT2D eigenvalue weighted by atomic mass is 10.4. The Morgan fingerprint density at radius 3 is 2.25 bits per heavy atom. The summed E-state index contributed by atoms with van der Waals surface area (Å²) < 4.78 is 9.87. The van der Waals surface area contributed by atoms with Crippen molar-refractivity contribution in [3.63, 3.8) is 0 Å². The van der Waals surface area contributed by atoms with Gasteiger partial charge in [-0.3, -0.25) is 0 Å². The van der Waals surface area contributed by atoms with E-state index < -0.39 is 8.43 Å². The molecule has 5 heteroatoms. The third-order valence-electron chi connectivity index (χ3n) is 0.962. The quantitative estimate of drug-likeness (QED) is 0.431. The van der Waals surface area contributed by atoms with Gasteiger partial charge in [-0.05, 0) is 6.92 Å². The van der Waals surface area contributed by atoms with Crippen molar-refractivity contribution in [2.45, 2.75) is 15.4 Å².